The maximum absolute atomic E-state index is 13.9. The summed E-state index contributed by atoms with van der Waals surface area (Å²) in [6, 6.07) is 3.63. The number of hydrogen-bond donors (Lipinski definition) is 1. The number of rotatable bonds is 4. The van der Waals surface area contributed by atoms with Gasteiger partial charge in [0.25, 0.3) is 5.91 Å². The molecular formula is C19H26F2N2O3. The number of aliphatic hydroxyl groups excluding tert-OH is 1. The zero-order valence-electron chi connectivity index (χ0n) is 15.2. The minimum absolute atomic E-state index is 0.0322. The standard InChI is InChI=1S/C19H26F2N2O3/c1-12-6-22(7-13(2)26-12)8-14-9-23(10-15(14)11-24)19(25)16-4-3-5-17(20)18(16)21/h3-5,12-15,24H,6-11H2,1-2H3/t12-,13+,14-,15-/m1/s1. The number of likely N-dealkylation sites (tertiary alicyclic amines) is 1. The fraction of sp³-hybridized carbons (Fsp3) is 0.632. The first-order valence-corrected chi connectivity index (χ1v) is 9.11. The average Bonchev–Trinajstić information content (AvgIpc) is 2.98. The molecule has 7 heteroatoms. The fourth-order valence-electron chi connectivity index (χ4n) is 4.12. The molecule has 0 radical (unpaired) electrons. The molecule has 2 aliphatic rings. The number of ether oxygens (including phenoxy) is 1. The van der Waals surface area contributed by atoms with E-state index in [0.29, 0.717) is 13.1 Å². The molecule has 0 bridgehead atoms. The highest BCUT2D eigenvalue weighted by molar-refractivity contribution is 5.94. The van der Waals surface area contributed by atoms with Crippen LogP contribution in [0.3, 0.4) is 0 Å². The zero-order chi connectivity index (χ0) is 18.8. The van der Waals surface area contributed by atoms with E-state index in [4.69, 9.17) is 4.74 Å². The normalized spacial score (nSPS) is 30.0. The lowest BCUT2D eigenvalue weighted by atomic mass is 9.96. The Hall–Kier alpha value is -1.57. The van der Waals surface area contributed by atoms with Crippen molar-refractivity contribution in [3.05, 3.63) is 35.4 Å². The van der Waals surface area contributed by atoms with E-state index in [1.807, 2.05) is 13.8 Å². The molecule has 1 amide bonds. The molecular weight excluding hydrogens is 342 g/mol. The Morgan fingerprint density at radius 2 is 1.81 bits per heavy atom. The van der Waals surface area contributed by atoms with Gasteiger partial charge in [-0.05, 0) is 31.9 Å². The van der Waals surface area contributed by atoms with Crippen molar-refractivity contribution in [1.29, 1.82) is 0 Å². The van der Waals surface area contributed by atoms with E-state index in [1.165, 1.54) is 17.0 Å². The second-order valence-electron chi connectivity index (χ2n) is 7.49. The summed E-state index contributed by atoms with van der Waals surface area (Å²) in [5.41, 5.74) is -0.254. The molecule has 1 aromatic carbocycles. The summed E-state index contributed by atoms with van der Waals surface area (Å²) < 4.78 is 33.1. The number of carbonyl (C=O) groups is 1. The highest BCUT2D eigenvalue weighted by Gasteiger charge is 2.37. The van der Waals surface area contributed by atoms with Gasteiger partial charge in [0.05, 0.1) is 17.8 Å². The van der Waals surface area contributed by atoms with Gasteiger partial charge in [0.2, 0.25) is 0 Å². The van der Waals surface area contributed by atoms with Crippen LogP contribution >= 0.6 is 0 Å². The summed E-state index contributed by atoms with van der Waals surface area (Å²) >= 11 is 0. The van der Waals surface area contributed by atoms with Crippen LogP contribution in [0.2, 0.25) is 0 Å². The van der Waals surface area contributed by atoms with Gasteiger partial charge in [0, 0.05) is 45.2 Å². The monoisotopic (exact) mass is 368 g/mol. The van der Waals surface area contributed by atoms with Gasteiger partial charge in [-0.25, -0.2) is 8.78 Å². The van der Waals surface area contributed by atoms with Crippen molar-refractivity contribution in [3.63, 3.8) is 0 Å². The SMILES string of the molecule is C[C@@H]1CN(C[C@@H]2CN(C(=O)c3cccc(F)c3F)C[C@@H]2CO)C[C@H](C)O1. The van der Waals surface area contributed by atoms with E-state index in [0.717, 1.165) is 25.7 Å². The van der Waals surface area contributed by atoms with Gasteiger partial charge in [0.15, 0.2) is 11.6 Å². The van der Waals surface area contributed by atoms with Crippen LogP contribution in [0.5, 0.6) is 0 Å². The van der Waals surface area contributed by atoms with Crippen molar-refractivity contribution in [2.45, 2.75) is 26.1 Å². The molecule has 0 spiro atoms. The van der Waals surface area contributed by atoms with E-state index in [2.05, 4.69) is 4.90 Å². The highest BCUT2D eigenvalue weighted by Crippen LogP contribution is 2.27. The third-order valence-corrected chi connectivity index (χ3v) is 5.27. The summed E-state index contributed by atoms with van der Waals surface area (Å²) in [4.78, 5) is 16.4. The molecule has 1 N–H and O–H groups in total. The van der Waals surface area contributed by atoms with E-state index in [-0.39, 0.29) is 36.2 Å². The first-order chi connectivity index (χ1) is 12.4. The maximum Gasteiger partial charge on any atom is 0.256 e. The van der Waals surface area contributed by atoms with Crippen LogP contribution in [-0.4, -0.2) is 72.4 Å². The number of benzene rings is 1. The van der Waals surface area contributed by atoms with Crippen molar-refractivity contribution < 1.29 is 23.4 Å². The van der Waals surface area contributed by atoms with Crippen molar-refractivity contribution in [3.8, 4) is 0 Å². The Balaban J connectivity index is 1.68. The lowest BCUT2D eigenvalue weighted by molar-refractivity contribution is -0.0726. The number of hydrogen-bond acceptors (Lipinski definition) is 4. The van der Waals surface area contributed by atoms with Crippen molar-refractivity contribution in [1.82, 2.24) is 9.80 Å². The summed E-state index contributed by atoms with van der Waals surface area (Å²) in [5.74, 6) is -2.63. The smallest absolute Gasteiger partial charge is 0.256 e. The first kappa shape index (κ1) is 19.2. The molecule has 26 heavy (non-hydrogen) atoms. The molecule has 5 nitrogen and oxygen atoms in total. The van der Waals surface area contributed by atoms with Gasteiger partial charge < -0.3 is 14.7 Å². The Bertz CT molecular complexity index is 648. The largest absolute Gasteiger partial charge is 0.396 e. The Labute approximate surface area is 152 Å². The number of carbonyl (C=O) groups excluding carboxylic acids is 1. The van der Waals surface area contributed by atoms with Crippen LogP contribution < -0.4 is 0 Å². The lowest BCUT2D eigenvalue weighted by Gasteiger charge is -2.37. The maximum atomic E-state index is 13.9. The zero-order valence-corrected chi connectivity index (χ0v) is 15.2. The van der Waals surface area contributed by atoms with E-state index >= 15 is 0 Å². The number of morpholine rings is 1. The predicted octanol–water partition coefficient (Wildman–Crippen LogP) is 1.75. The van der Waals surface area contributed by atoms with Crippen molar-refractivity contribution in [2.75, 3.05) is 39.3 Å². The Kier molecular flexibility index (Phi) is 5.89. The molecule has 0 aliphatic carbocycles. The van der Waals surface area contributed by atoms with Crippen LogP contribution in [0, 0.1) is 23.5 Å². The van der Waals surface area contributed by atoms with Crippen LogP contribution in [0.1, 0.15) is 24.2 Å². The minimum atomic E-state index is -1.11. The third-order valence-electron chi connectivity index (χ3n) is 5.27. The molecule has 144 valence electrons. The summed E-state index contributed by atoms with van der Waals surface area (Å²) in [6.45, 7) is 7.18. The molecule has 2 fully saturated rings. The van der Waals surface area contributed by atoms with Gasteiger partial charge in [-0.1, -0.05) is 6.07 Å². The van der Waals surface area contributed by atoms with Gasteiger partial charge >= 0.3 is 0 Å². The highest BCUT2D eigenvalue weighted by atomic mass is 19.2. The van der Waals surface area contributed by atoms with E-state index < -0.39 is 17.5 Å². The van der Waals surface area contributed by atoms with Crippen LogP contribution in [-0.2, 0) is 4.74 Å². The van der Waals surface area contributed by atoms with E-state index in [9.17, 15) is 18.7 Å². The second-order valence-corrected chi connectivity index (χ2v) is 7.49. The second kappa shape index (κ2) is 7.98. The molecule has 4 atom stereocenters. The molecule has 0 unspecified atom stereocenters. The lowest BCUT2D eigenvalue weighted by Crippen LogP contribution is -2.48. The van der Waals surface area contributed by atoms with Crippen LogP contribution in [0.4, 0.5) is 8.78 Å². The van der Waals surface area contributed by atoms with Crippen LogP contribution in [0.15, 0.2) is 18.2 Å². The summed E-state index contributed by atoms with van der Waals surface area (Å²) in [5, 5.41) is 9.72. The molecule has 0 aromatic heterocycles. The molecule has 1 aromatic rings. The van der Waals surface area contributed by atoms with Gasteiger partial charge in [-0.2, -0.15) is 0 Å². The summed E-state index contributed by atoms with van der Waals surface area (Å²) in [6.07, 6.45) is 0.290. The van der Waals surface area contributed by atoms with Gasteiger partial charge in [-0.15, -0.1) is 0 Å². The van der Waals surface area contributed by atoms with E-state index in [1.54, 1.807) is 0 Å². The van der Waals surface area contributed by atoms with Gasteiger partial charge in [-0.3, -0.25) is 9.69 Å². The summed E-state index contributed by atoms with van der Waals surface area (Å²) in [7, 11) is 0. The Morgan fingerprint density at radius 3 is 2.46 bits per heavy atom. The first-order valence-electron chi connectivity index (χ1n) is 9.11. The minimum Gasteiger partial charge on any atom is -0.396 e. The number of amides is 1. The Morgan fingerprint density at radius 1 is 1.15 bits per heavy atom. The molecule has 2 saturated heterocycles. The molecule has 0 saturated carbocycles. The third kappa shape index (κ3) is 4.05. The van der Waals surface area contributed by atoms with Crippen molar-refractivity contribution in [2.24, 2.45) is 11.8 Å². The average molecular weight is 368 g/mol. The quantitative estimate of drug-likeness (QED) is 0.880. The van der Waals surface area contributed by atoms with Crippen LogP contribution in [0.25, 0.3) is 0 Å². The van der Waals surface area contributed by atoms with Crippen molar-refractivity contribution >= 4 is 5.91 Å². The number of aliphatic hydroxyl groups is 1. The molecule has 2 aliphatic heterocycles. The predicted molar refractivity (Wildman–Crippen MR) is 92.8 cm³/mol. The topological polar surface area (TPSA) is 53.0 Å². The fourth-order valence-corrected chi connectivity index (χ4v) is 4.12. The van der Waals surface area contributed by atoms with Gasteiger partial charge in [0.1, 0.15) is 0 Å². The number of halogens is 2. The molecule has 2 heterocycles. The number of nitrogens with zero attached hydrogens (tertiary/aromatic N) is 2. The molecule has 3 rings (SSSR count).